The lowest BCUT2D eigenvalue weighted by atomic mass is 10.1. The van der Waals surface area contributed by atoms with Crippen LogP contribution in [0, 0.1) is 5.92 Å². The van der Waals surface area contributed by atoms with E-state index in [0.717, 1.165) is 18.3 Å². The summed E-state index contributed by atoms with van der Waals surface area (Å²) in [5.74, 6) is 0.668. The quantitative estimate of drug-likeness (QED) is 0.744. The zero-order valence-electron chi connectivity index (χ0n) is 8.45. The zero-order chi connectivity index (χ0) is 10.4. The second-order valence-electron chi connectivity index (χ2n) is 3.60. The maximum atomic E-state index is 11.3. The van der Waals surface area contributed by atoms with Crippen LogP contribution in [0.5, 0.6) is 0 Å². The summed E-state index contributed by atoms with van der Waals surface area (Å²) in [6.45, 7) is 3.04. The molecule has 0 aliphatic heterocycles. The van der Waals surface area contributed by atoms with Crippen molar-refractivity contribution < 1.29 is 0 Å². The van der Waals surface area contributed by atoms with Crippen LogP contribution >= 0.6 is 15.9 Å². The van der Waals surface area contributed by atoms with Gasteiger partial charge in [0.1, 0.15) is 0 Å². The van der Waals surface area contributed by atoms with Crippen molar-refractivity contribution in [1.29, 1.82) is 0 Å². The van der Waals surface area contributed by atoms with Gasteiger partial charge in [-0.15, -0.1) is 0 Å². The molecule has 1 heterocycles. The highest BCUT2D eigenvalue weighted by molar-refractivity contribution is 9.09. The molecule has 1 atom stereocenters. The molecule has 2 nitrogen and oxygen atoms in total. The van der Waals surface area contributed by atoms with Crippen molar-refractivity contribution >= 4 is 15.9 Å². The molecule has 0 aromatic carbocycles. The van der Waals surface area contributed by atoms with Gasteiger partial charge in [0.2, 0.25) is 5.56 Å². The highest BCUT2D eigenvalue weighted by Crippen LogP contribution is 2.09. The van der Waals surface area contributed by atoms with Crippen LogP contribution < -0.4 is 5.56 Å². The first-order chi connectivity index (χ1) is 6.74. The van der Waals surface area contributed by atoms with E-state index in [1.807, 2.05) is 12.3 Å². The van der Waals surface area contributed by atoms with E-state index in [1.165, 1.54) is 6.42 Å². The lowest BCUT2D eigenvalue weighted by molar-refractivity contribution is 0.466. The lowest BCUT2D eigenvalue weighted by Crippen LogP contribution is -2.18. The number of aromatic nitrogens is 1. The molecule has 1 rings (SSSR count). The third-order valence-electron chi connectivity index (χ3n) is 2.36. The van der Waals surface area contributed by atoms with Crippen LogP contribution in [0.25, 0.3) is 0 Å². The molecule has 0 amide bonds. The molecule has 1 unspecified atom stereocenters. The average Bonchev–Trinajstić information content (AvgIpc) is 2.17. The monoisotopic (exact) mass is 257 g/mol. The number of hydrogen-bond donors (Lipinski definition) is 0. The van der Waals surface area contributed by atoms with E-state index in [2.05, 4.69) is 22.9 Å². The smallest absolute Gasteiger partial charge is 0.250 e. The first-order valence-corrected chi connectivity index (χ1v) is 6.07. The minimum absolute atomic E-state index is 0.0959. The van der Waals surface area contributed by atoms with Gasteiger partial charge in [0.05, 0.1) is 0 Å². The molecule has 0 fully saturated rings. The maximum absolute atomic E-state index is 11.3. The SMILES string of the molecule is CC(CCBr)CCn1ccccc1=O. The van der Waals surface area contributed by atoms with E-state index in [-0.39, 0.29) is 5.56 Å². The summed E-state index contributed by atoms with van der Waals surface area (Å²) in [6.07, 6.45) is 4.08. The fourth-order valence-electron chi connectivity index (χ4n) is 1.34. The molecule has 0 bridgehead atoms. The molecule has 0 aliphatic carbocycles. The largest absolute Gasteiger partial charge is 0.316 e. The summed E-state index contributed by atoms with van der Waals surface area (Å²) < 4.78 is 1.77. The van der Waals surface area contributed by atoms with E-state index in [9.17, 15) is 4.79 Å². The van der Waals surface area contributed by atoms with E-state index in [0.29, 0.717) is 5.92 Å². The highest BCUT2D eigenvalue weighted by atomic mass is 79.9. The topological polar surface area (TPSA) is 22.0 Å². The summed E-state index contributed by atoms with van der Waals surface area (Å²) in [6, 6.07) is 5.28. The van der Waals surface area contributed by atoms with Crippen LogP contribution in [0.3, 0.4) is 0 Å². The van der Waals surface area contributed by atoms with Gasteiger partial charge in [-0.05, 0) is 24.8 Å². The van der Waals surface area contributed by atoms with Gasteiger partial charge in [0.25, 0.3) is 0 Å². The second kappa shape index (κ2) is 6.02. The Hall–Kier alpha value is -0.570. The average molecular weight is 258 g/mol. The van der Waals surface area contributed by atoms with Crippen molar-refractivity contribution in [3.05, 3.63) is 34.7 Å². The van der Waals surface area contributed by atoms with Gasteiger partial charge in [-0.3, -0.25) is 4.79 Å². The number of rotatable bonds is 5. The number of aryl methyl sites for hydroxylation is 1. The highest BCUT2D eigenvalue weighted by Gasteiger charge is 2.01. The van der Waals surface area contributed by atoms with Gasteiger partial charge < -0.3 is 4.57 Å². The van der Waals surface area contributed by atoms with Crippen molar-refractivity contribution in [1.82, 2.24) is 4.57 Å². The number of hydrogen-bond acceptors (Lipinski definition) is 1. The number of alkyl halides is 1. The molecular formula is C11H16BrNO. The van der Waals surface area contributed by atoms with Crippen molar-refractivity contribution in [2.75, 3.05) is 5.33 Å². The Bertz CT molecular complexity index is 321. The summed E-state index contributed by atoms with van der Waals surface area (Å²) in [5, 5.41) is 1.04. The Morgan fingerprint density at radius 3 is 2.86 bits per heavy atom. The molecule has 0 saturated carbocycles. The first-order valence-electron chi connectivity index (χ1n) is 4.95. The molecule has 1 aromatic heterocycles. The van der Waals surface area contributed by atoms with Crippen LogP contribution in [0.15, 0.2) is 29.2 Å². The van der Waals surface area contributed by atoms with Gasteiger partial charge in [-0.25, -0.2) is 0 Å². The molecule has 1 aromatic rings. The predicted molar refractivity (Wildman–Crippen MR) is 62.9 cm³/mol. The van der Waals surface area contributed by atoms with Crippen LogP contribution in [0.1, 0.15) is 19.8 Å². The normalized spacial score (nSPS) is 12.7. The van der Waals surface area contributed by atoms with Crippen LogP contribution in [-0.4, -0.2) is 9.90 Å². The zero-order valence-corrected chi connectivity index (χ0v) is 10.0. The van der Waals surface area contributed by atoms with Crippen LogP contribution in [-0.2, 0) is 6.54 Å². The predicted octanol–water partition coefficient (Wildman–Crippen LogP) is 2.66. The van der Waals surface area contributed by atoms with Crippen molar-refractivity contribution in [3.63, 3.8) is 0 Å². The van der Waals surface area contributed by atoms with Crippen molar-refractivity contribution in [2.24, 2.45) is 5.92 Å². The van der Waals surface area contributed by atoms with Gasteiger partial charge in [0, 0.05) is 24.1 Å². The summed E-state index contributed by atoms with van der Waals surface area (Å²) in [7, 11) is 0. The van der Waals surface area contributed by atoms with Crippen LogP contribution in [0.4, 0.5) is 0 Å². The molecule has 0 spiro atoms. The third kappa shape index (κ3) is 3.66. The van der Waals surface area contributed by atoms with E-state index in [4.69, 9.17) is 0 Å². The Balaban J connectivity index is 2.46. The Morgan fingerprint density at radius 2 is 2.21 bits per heavy atom. The molecule has 78 valence electrons. The summed E-state index contributed by atoms with van der Waals surface area (Å²) >= 11 is 3.42. The fraction of sp³-hybridized carbons (Fsp3) is 0.545. The minimum atomic E-state index is 0.0959. The van der Waals surface area contributed by atoms with Crippen LogP contribution in [0.2, 0.25) is 0 Å². The number of halogens is 1. The Morgan fingerprint density at radius 1 is 1.43 bits per heavy atom. The number of nitrogens with zero attached hydrogens (tertiary/aromatic N) is 1. The Labute approximate surface area is 93.1 Å². The minimum Gasteiger partial charge on any atom is -0.316 e. The van der Waals surface area contributed by atoms with Gasteiger partial charge in [-0.2, -0.15) is 0 Å². The Kier molecular flexibility index (Phi) is 4.94. The van der Waals surface area contributed by atoms with Gasteiger partial charge in [-0.1, -0.05) is 28.9 Å². The summed E-state index contributed by atoms with van der Waals surface area (Å²) in [4.78, 5) is 11.3. The molecular weight excluding hydrogens is 242 g/mol. The standard InChI is InChI=1S/C11H16BrNO/c1-10(5-7-12)6-9-13-8-3-2-4-11(13)14/h2-4,8,10H,5-7,9H2,1H3. The number of pyridine rings is 1. The van der Waals surface area contributed by atoms with Gasteiger partial charge in [0.15, 0.2) is 0 Å². The molecule has 14 heavy (non-hydrogen) atoms. The molecule has 0 aliphatic rings. The van der Waals surface area contributed by atoms with Crippen molar-refractivity contribution in [3.8, 4) is 0 Å². The first kappa shape index (κ1) is 11.5. The maximum Gasteiger partial charge on any atom is 0.250 e. The fourth-order valence-corrected chi connectivity index (χ4v) is 2.12. The van der Waals surface area contributed by atoms with E-state index < -0.39 is 0 Å². The van der Waals surface area contributed by atoms with E-state index in [1.54, 1.807) is 16.7 Å². The third-order valence-corrected chi connectivity index (χ3v) is 2.82. The molecule has 3 heteroatoms. The molecule has 0 saturated heterocycles. The second-order valence-corrected chi connectivity index (χ2v) is 4.40. The van der Waals surface area contributed by atoms with E-state index >= 15 is 0 Å². The van der Waals surface area contributed by atoms with Crippen molar-refractivity contribution in [2.45, 2.75) is 26.3 Å². The molecule has 0 radical (unpaired) electrons. The van der Waals surface area contributed by atoms with Gasteiger partial charge >= 0.3 is 0 Å². The summed E-state index contributed by atoms with van der Waals surface area (Å²) in [5.41, 5.74) is 0.0959. The molecule has 0 N–H and O–H groups in total. The lowest BCUT2D eigenvalue weighted by Gasteiger charge is -2.10.